The number of primary amides is 1. The van der Waals surface area contributed by atoms with Crippen LogP contribution in [0.15, 0.2) is 35.7 Å². The van der Waals surface area contributed by atoms with Gasteiger partial charge in [-0.05, 0) is 35.6 Å². The van der Waals surface area contributed by atoms with E-state index in [2.05, 4.69) is 5.32 Å². The second-order valence-electron chi connectivity index (χ2n) is 4.32. The summed E-state index contributed by atoms with van der Waals surface area (Å²) in [6.45, 7) is 0. The fourth-order valence-corrected chi connectivity index (χ4v) is 2.60. The zero-order valence-corrected chi connectivity index (χ0v) is 11.6. The average molecular weight is 289 g/mol. The molecular weight excluding hydrogens is 274 g/mol. The van der Waals surface area contributed by atoms with Gasteiger partial charge in [-0.3, -0.25) is 9.59 Å². The zero-order chi connectivity index (χ0) is 14.5. The van der Waals surface area contributed by atoms with Crippen molar-refractivity contribution in [3.63, 3.8) is 0 Å². The number of rotatable bonds is 5. The lowest BCUT2D eigenvalue weighted by molar-refractivity contribution is -0.116. The number of nitrogens with one attached hydrogen (secondary N) is 1. The number of nitrogen functional groups attached to an aromatic ring is 1. The van der Waals surface area contributed by atoms with Gasteiger partial charge in [0.05, 0.1) is 5.56 Å². The molecule has 0 bridgehead atoms. The third-order valence-corrected chi connectivity index (χ3v) is 3.61. The maximum Gasteiger partial charge on any atom is 0.251 e. The second-order valence-corrected chi connectivity index (χ2v) is 5.24. The molecule has 20 heavy (non-hydrogen) atoms. The van der Waals surface area contributed by atoms with Crippen molar-refractivity contribution < 1.29 is 9.59 Å². The van der Waals surface area contributed by atoms with Gasteiger partial charge in [0.1, 0.15) is 5.00 Å². The fraction of sp³-hybridized carbons (Fsp3) is 0.143. The molecule has 6 heteroatoms. The molecule has 5 nitrogen and oxygen atoms in total. The molecule has 1 aromatic heterocycles. The van der Waals surface area contributed by atoms with E-state index in [0.717, 1.165) is 5.56 Å². The summed E-state index contributed by atoms with van der Waals surface area (Å²) in [6, 6.07) is 9.01. The lowest BCUT2D eigenvalue weighted by atomic mass is 10.1. The van der Waals surface area contributed by atoms with E-state index in [1.165, 1.54) is 11.3 Å². The minimum absolute atomic E-state index is 0.155. The van der Waals surface area contributed by atoms with Gasteiger partial charge in [-0.1, -0.05) is 12.1 Å². The largest absolute Gasteiger partial charge is 0.399 e. The number of amides is 2. The molecular formula is C14H15N3O2S. The van der Waals surface area contributed by atoms with Crippen LogP contribution >= 0.6 is 11.3 Å². The van der Waals surface area contributed by atoms with Gasteiger partial charge in [0.15, 0.2) is 0 Å². The van der Waals surface area contributed by atoms with Crippen molar-refractivity contribution in [1.29, 1.82) is 0 Å². The molecule has 1 aromatic carbocycles. The monoisotopic (exact) mass is 289 g/mol. The highest BCUT2D eigenvalue weighted by Crippen LogP contribution is 2.23. The van der Waals surface area contributed by atoms with E-state index in [1.54, 1.807) is 17.5 Å². The third-order valence-electron chi connectivity index (χ3n) is 2.78. The van der Waals surface area contributed by atoms with Crippen molar-refractivity contribution >= 4 is 33.8 Å². The van der Waals surface area contributed by atoms with Crippen molar-refractivity contribution in [2.75, 3.05) is 11.1 Å². The van der Waals surface area contributed by atoms with Crippen LogP contribution in [-0.4, -0.2) is 11.8 Å². The second kappa shape index (κ2) is 6.21. The average Bonchev–Trinajstić information content (AvgIpc) is 2.85. The number of hydrogen-bond donors (Lipinski definition) is 3. The number of anilines is 2. The topological polar surface area (TPSA) is 98.2 Å². The summed E-state index contributed by atoms with van der Waals surface area (Å²) in [5.74, 6) is -0.699. The number of benzene rings is 1. The summed E-state index contributed by atoms with van der Waals surface area (Å²) in [5, 5.41) is 4.92. The minimum atomic E-state index is -0.544. The maximum absolute atomic E-state index is 11.9. The van der Waals surface area contributed by atoms with Crippen molar-refractivity contribution in [2.24, 2.45) is 5.73 Å². The Bertz CT molecular complexity index is 637. The molecule has 5 N–H and O–H groups in total. The van der Waals surface area contributed by atoms with Crippen LogP contribution in [0.2, 0.25) is 0 Å². The standard InChI is InChI=1S/C14H15N3O2S/c15-10-3-1-2-9(8-10)4-5-12(18)17-14-11(13(16)19)6-7-20-14/h1-3,6-8H,4-5,15H2,(H2,16,19)(H,17,18). The quantitative estimate of drug-likeness (QED) is 0.734. The predicted molar refractivity (Wildman–Crippen MR) is 80.6 cm³/mol. The SMILES string of the molecule is NC(=O)c1ccsc1NC(=O)CCc1cccc(N)c1. The van der Waals surface area contributed by atoms with Crippen LogP contribution in [-0.2, 0) is 11.2 Å². The van der Waals surface area contributed by atoms with Crippen LogP contribution in [0, 0.1) is 0 Å². The highest BCUT2D eigenvalue weighted by Gasteiger charge is 2.12. The van der Waals surface area contributed by atoms with E-state index in [0.29, 0.717) is 29.1 Å². The Hall–Kier alpha value is -2.34. The van der Waals surface area contributed by atoms with Crippen LogP contribution in [0.5, 0.6) is 0 Å². The van der Waals surface area contributed by atoms with Crippen molar-refractivity contribution in [3.05, 3.63) is 46.8 Å². The summed E-state index contributed by atoms with van der Waals surface area (Å²) in [7, 11) is 0. The van der Waals surface area contributed by atoms with E-state index in [4.69, 9.17) is 11.5 Å². The van der Waals surface area contributed by atoms with E-state index in [-0.39, 0.29) is 5.91 Å². The van der Waals surface area contributed by atoms with Gasteiger partial charge in [-0.25, -0.2) is 0 Å². The van der Waals surface area contributed by atoms with Crippen LogP contribution in [0.3, 0.4) is 0 Å². The Morgan fingerprint density at radius 2 is 2.05 bits per heavy atom. The number of nitrogens with two attached hydrogens (primary N) is 2. The van der Waals surface area contributed by atoms with Gasteiger partial charge in [-0.15, -0.1) is 11.3 Å². The number of thiophene rings is 1. The van der Waals surface area contributed by atoms with Crippen LogP contribution in [0.1, 0.15) is 22.3 Å². The molecule has 0 aliphatic heterocycles. The number of carbonyl (C=O) groups excluding carboxylic acids is 2. The molecule has 104 valence electrons. The molecule has 2 aromatic rings. The molecule has 0 spiro atoms. The Labute approximate surface area is 120 Å². The van der Waals surface area contributed by atoms with Gasteiger partial charge >= 0.3 is 0 Å². The van der Waals surface area contributed by atoms with E-state index >= 15 is 0 Å². The minimum Gasteiger partial charge on any atom is -0.399 e. The highest BCUT2D eigenvalue weighted by molar-refractivity contribution is 7.14. The van der Waals surface area contributed by atoms with Gasteiger partial charge in [0.25, 0.3) is 5.91 Å². The first-order chi connectivity index (χ1) is 9.56. The summed E-state index contributed by atoms with van der Waals surface area (Å²) < 4.78 is 0. The van der Waals surface area contributed by atoms with E-state index in [1.807, 2.05) is 18.2 Å². The van der Waals surface area contributed by atoms with Gasteiger partial charge in [0, 0.05) is 12.1 Å². The molecule has 2 amide bonds. The molecule has 0 saturated carbocycles. The summed E-state index contributed by atoms with van der Waals surface area (Å²) in [4.78, 5) is 23.0. The zero-order valence-electron chi connectivity index (χ0n) is 10.8. The molecule has 0 fully saturated rings. The summed E-state index contributed by atoms with van der Waals surface area (Å²) in [6.07, 6.45) is 0.910. The Kier molecular flexibility index (Phi) is 4.37. The summed E-state index contributed by atoms with van der Waals surface area (Å²) in [5.41, 5.74) is 12.9. The lowest BCUT2D eigenvalue weighted by Gasteiger charge is -2.05. The number of aryl methyl sites for hydroxylation is 1. The third kappa shape index (κ3) is 3.58. The molecule has 2 rings (SSSR count). The Morgan fingerprint density at radius 1 is 1.25 bits per heavy atom. The normalized spacial score (nSPS) is 10.2. The van der Waals surface area contributed by atoms with Crippen LogP contribution in [0.4, 0.5) is 10.7 Å². The van der Waals surface area contributed by atoms with Gasteiger partial charge in [0.2, 0.25) is 5.91 Å². The van der Waals surface area contributed by atoms with Crippen molar-refractivity contribution in [3.8, 4) is 0 Å². The maximum atomic E-state index is 11.9. The molecule has 0 unspecified atom stereocenters. The molecule has 0 radical (unpaired) electrons. The lowest BCUT2D eigenvalue weighted by Crippen LogP contribution is -2.16. The van der Waals surface area contributed by atoms with Gasteiger partial charge in [-0.2, -0.15) is 0 Å². The van der Waals surface area contributed by atoms with Crippen LogP contribution < -0.4 is 16.8 Å². The van der Waals surface area contributed by atoms with E-state index in [9.17, 15) is 9.59 Å². The Balaban J connectivity index is 1.93. The number of hydrogen-bond acceptors (Lipinski definition) is 4. The molecule has 0 aliphatic rings. The van der Waals surface area contributed by atoms with Crippen molar-refractivity contribution in [1.82, 2.24) is 0 Å². The summed E-state index contributed by atoms with van der Waals surface area (Å²) >= 11 is 1.28. The highest BCUT2D eigenvalue weighted by atomic mass is 32.1. The first-order valence-electron chi connectivity index (χ1n) is 6.08. The first kappa shape index (κ1) is 14.1. The van der Waals surface area contributed by atoms with E-state index < -0.39 is 5.91 Å². The van der Waals surface area contributed by atoms with Gasteiger partial charge < -0.3 is 16.8 Å². The fourth-order valence-electron chi connectivity index (χ4n) is 1.80. The molecule has 0 aliphatic carbocycles. The molecule has 0 saturated heterocycles. The first-order valence-corrected chi connectivity index (χ1v) is 6.96. The Morgan fingerprint density at radius 3 is 2.75 bits per heavy atom. The smallest absolute Gasteiger partial charge is 0.251 e. The molecule has 1 heterocycles. The predicted octanol–water partition coefficient (Wildman–Crippen LogP) is 2.00. The number of carbonyl (C=O) groups is 2. The van der Waals surface area contributed by atoms with Crippen LogP contribution in [0.25, 0.3) is 0 Å². The molecule has 0 atom stereocenters. The van der Waals surface area contributed by atoms with Crippen molar-refractivity contribution in [2.45, 2.75) is 12.8 Å².